The molecule has 10 heteroatoms. The monoisotopic (exact) mass is 496 g/mol. The van der Waals surface area contributed by atoms with Crippen LogP contribution in [0.25, 0.3) is 11.0 Å². The second-order valence-electron chi connectivity index (χ2n) is 8.78. The number of rotatable bonds is 8. The van der Waals surface area contributed by atoms with Gasteiger partial charge in [0.2, 0.25) is 5.91 Å². The average Bonchev–Trinajstić information content (AvgIpc) is 3.32. The van der Waals surface area contributed by atoms with E-state index in [1.807, 2.05) is 41.2 Å². The van der Waals surface area contributed by atoms with Gasteiger partial charge in [-0.25, -0.2) is 14.6 Å². The third-order valence-corrected chi connectivity index (χ3v) is 7.49. The van der Waals surface area contributed by atoms with Gasteiger partial charge in [0.15, 0.2) is 10.8 Å². The lowest BCUT2D eigenvalue weighted by Crippen LogP contribution is -2.48. The van der Waals surface area contributed by atoms with Gasteiger partial charge in [0.1, 0.15) is 5.82 Å². The van der Waals surface area contributed by atoms with Crippen molar-refractivity contribution in [2.45, 2.75) is 36.9 Å². The van der Waals surface area contributed by atoms with E-state index in [0.29, 0.717) is 52.4 Å². The number of nitrogens with one attached hydrogen (secondary N) is 1. The van der Waals surface area contributed by atoms with Gasteiger partial charge in [-0.2, -0.15) is 5.10 Å². The maximum Gasteiger partial charge on any atom is 0.230 e. The number of nitrogens with zero attached hydrogens (tertiary/aromatic N) is 5. The van der Waals surface area contributed by atoms with E-state index < -0.39 is 5.41 Å². The minimum atomic E-state index is -0.553. The van der Waals surface area contributed by atoms with Gasteiger partial charge >= 0.3 is 0 Å². The van der Waals surface area contributed by atoms with Crippen LogP contribution in [0.1, 0.15) is 25.3 Å². The highest BCUT2D eigenvalue weighted by molar-refractivity contribution is 7.99. The molecule has 9 nitrogen and oxygen atoms in total. The van der Waals surface area contributed by atoms with Crippen molar-refractivity contribution in [1.29, 1.82) is 0 Å². The maximum absolute atomic E-state index is 13.5. The Kier molecular flexibility index (Phi) is 7.50. The second kappa shape index (κ2) is 10.9. The molecule has 0 aliphatic carbocycles. The number of morpholine rings is 1. The first-order valence-electron chi connectivity index (χ1n) is 12.3. The quantitative estimate of drug-likeness (QED) is 0.376. The van der Waals surface area contributed by atoms with E-state index in [4.69, 9.17) is 19.4 Å². The fraction of sp³-hybridized carbons (Fsp3) is 0.520. The molecule has 35 heavy (non-hydrogen) atoms. The SMILES string of the molecule is CCSc1nc(N2CCOCC2)c2cnn(CCNC(=O)C3(c4ccccc4)CCOCC3)c2n1. The molecule has 2 fully saturated rings. The van der Waals surface area contributed by atoms with Crippen molar-refractivity contribution in [2.24, 2.45) is 0 Å². The number of ether oxygens (including phenoxy) is 2. The third-order valence-electron chi connectivity index (χ3n) is 6.76. The van der Waals surface area contributed by atoms with Crippen LogP contribution < -0.4 is 10.2 Å². The number of carbonyl (C=O) groups excluding carboxylic acids is 1. The zero-order valence-corrected chi connectivity index (χ0v) is 20.9. The van der Waals surface area contributed by atoms with Gasteiger partial charge in [-0.05, 0) is 24.2 Å². The topological polar surface area (TPSA) is 94.4 Å². The standard InChI is InChI=1S/C25H32N6O3S/c1-2-35-24-28-21(30-12-16-34-17-13-30)20-18-27-31(22(20)29-24)11-10-26-23(32)25(8-14-33-15-9-25)19-6-4-3-5-7-19/h3-7,18H,2,8-17H2,1H3,(H,26,32). The molecule has 4 heterocycles. The van der Waals surface area contributed by atoms with Gasteiger partial charge in [0.05, 0.1) is 36.8 Å². The van der Waals surface area contributed by atoms with E-state index in [1.165, 1.54) is 0 Å². The Morgan fingerprint density at radius 3 is 2.57 bits per heavy atom. The van der Waals surface area contributed by atoms with Crippen molar-refractivity contribution in [3.05, 3.63) is 42.1 Å². The number of hydrogen-bond acceptors (Lipinski definition) is 8. The van der Waals surface area contributed by atoms with Gasteiger partial charge in [-0.3, -0.25) is 4.79 Å². The van der Waals surface area contributed by atoms with Gasteiger partial charge in [-0.1, -0.05) is 49.0 Å². The van der Waals surface area contributed by atoms with Crippen molar-refractivity contribution >= 4 is 34.5 Å². The molecule has 0 saturated carbocycles. The summed E-state index contributed by atoms with van der Waals surface area (Å²) in [6.45, 7) is 7.26. The molecule has 1 amide bonds. The first-order chi connectivity index (χ1) is 17.2. The van der Waals surface area contributed by atoms with Crippen LogP contribution >= 0.6 is 11.8 Å². The number of benzene rings is 1. The Morgan fingerprint density at radius 1 is 1.09 bits per heavy atom. The maximum atomic E-state index is 13.5. The lowest BCUT2D eigenvalue weighted by Gasteiger charge is -2.36. The predicted molar refractivity (Wildman–Crippen MR) is 136 cm³/mol. The van der Waals surface area contributed by atoms with Crippen LogP contribution in [-0.2, 0) is 26.2 Å². The molecule has 2 saturated heterocycles. The van der Waals surface area contributed by atoms with Crippen LogP contribution in [0.5, 0.6) is 0 Å². The summed E-state index contributed by atoms with van der Waals surface area (Å²) in [5.74, 6) is 1.85. The second-order valence-corrected chi connectivity index (χ2v) is 10.0. The van der Waals surface area contributed by atoms with E-state index >= 15 is 0 Å². The zero-order chi connectivity index (χ0) is 24.1. The summed E-state index contributed by atoms with van der Waals surface area (Å²) >= 11 is 1.62. The molecular weight excluding hydrogens is 464 g/mol. The largest absolute Gasteiger partial charge is 0.381 e. The van der Waals surface area contributed by atoms with E-state index in [0.717, 1.165) is 46.4 Å². The Labute approximate surface area is 209 Å². The fourth-order valence-electron chi connectivity index (χ4n) is 4.86. The lowest BCUT2D eigenvalue weighted by molar-refractivity contribution is -0.130. The highest BCUT2D eigenvalue weighted by Gasteiger charge is 2.41. The molecule has 0 atom stereocenters. The van der Waals surface area contributed by atoms with E-state index in [-0.39, 0.29) is 5.91 Å². The van der Waals surface area contributed by atoms with Crippen LogP contribution in [0, 0.1) is 0 Å². The minimum Gasteiger partial charge on any atom is -0.381 e. The summed E-state index contributed by atoms with van der Waals surface area (Å²) in [4.78, 5) is 25.3. The molecule has 1 N–H and O–H groups in total. The van der Waals surface area contributed by atoms with Gasteiger partial charge < -0.3 is 19.7 Å². The van der Waals surface area contributed by atoms with E-state index in [1.54, 1.807) is 11.8 Å². The molecule has 186 valence electrons. The summed E-state index contributed by atoms with van der Waals surface area (Å²) in [6, 6.07) is 10.1. The van der Waals surface area contributed by atoms with Gasteiger partial charge in [0.25, 0.3) is 0 Å². The molecule has 2 aliphatic heterocycles. The normalized spacial score (nSPS) is 18.0. The van der Waals surface area contributed by atoms with E-state index in [2.05, 4.69) is 22.2 Å². The number of fused-ring (bicyclic) bond motifs is 1. The molecular formula is C25H32N6O3S. The highest BCUT2D eigenvalue weighted by atomic mass is 32.2. The Morgan fingerprint density at radius 2 is 1.83 bits per heavy atom. The Bertz CT molecular complexity index is 1140. The molecule has 2 aliphatic rings. The number of hydrogen-bond donors (Lipinski definition) is 1. The number of aromatic nitrogens is 4. The highest BCUT2D eigenvalue weighted by Crippen LogP contribution is 2.35. The lowest BCUT2D eigenvalue weighted by atomic mass is 9.73. The number of amides is 1. The molecule has 5 rings (SSSR count). The van der Waals surface area contributed by atoms with Crippen molar-refractivity contribution in [1.82, 2.24) is 25.1 Å². The van der Waals surface area contributed by atoms with Crippen molar-refractivity contribution in [2.75, 3.05) is 56.7 Å². The molecule has 0 unspecified atom stereocenters. The summed E-state index contributed by atoms with van der Waals surface area (Å²) in [5.41, 5.74) is 1.30. The molecule has 2 aromatic heterocycles. The van der Waals surface area contributed by atoms with Crippen LogP contribution in [0.2, 0.25) is 0 Å². The van der Waals surface area contributed by atoms with Crippen LogP contribution in [0.4, 0.5) is 5.82 Å². The summed E-state index contributed by atoms with van der Waals surface area (Å²) in [5, 5.41) is 9.48. The minimum absolute atomic E-state index is 0.0503. The molecule has 3 aromatic rings. The summed E-state index contributed by atoms with van der Waals surface area (Å²) in [7, 11) is 0. The van der Waals surface area contributed by atoms with Crippen molar-refractivity contribution in [3.8, 4) is 0 Å². The Balaban J connectivity index is 1.34. The predicted octanol–water partition coefficient (Wildman–Crippen LogP) is 2.64. The first kappa shape index (κ1) is 24.0. The number of anilines is 1. The molecule has 1 aromatic carbocycles. The first-order valence-corrected chi connectivity index (χ1v) is 13.3. The molecule has 0 bridgehead atoms. The molecule has 0 spiro atoms. The third kappa shape index (κ3) is 5.00. The van der Waals surface area contributed by atoms with Crippen molar-refractivity contribution < 1.29 is 14.3 Å². The molecule has 0 radical (unpaired) electrons. The number of carbonyl (C=O) groups is 1. The smallest absolute Gasteiger partial charge is 0.230 e. The zero-order valence-electron chi connectivity index (χ0n) is 20.1. The summed E-state index contributed by atoms with van der Waals surface area (Å²) in [6.07, 6.45) is 3.20. The van der Waals surface area contributed by atoms with Crippen molar-refractivity contribution in [3.63, 3.8) is 0 Å². The van der Waals surface area contributed by atoms with Crippen LogP contribution in [-0.4, -0.2) is 77.5 Å². The summed E-state index contributed by atoms with van der Waals surface area (Å²) < 4.78 is 13.0. The Hall–Kier alpha value is -2.69. The van der Waals surface area contributed by atoms with Crippen LogP contribution in [0.3, 0.4) is 0 Å². The number of thioether (sulfide) groups is 1. The van der Waals surface area contributed by atoms with Crippen LogP contribution in [0.15, 0.2) is 41.7 Å². The van der Waals surface area contributed by atoms with Gasteiger partial charge in [0, 0.05) is 32.8 Å². The fourth-order valence-corrected chi connectivity index (χ4v) is 5.42. The van der Waals surface area contributed by atoms with Gasteiger partial charge in [-0.15, -0.1) is 0 Å². The van der Waals surface area contributed by atoms with E-state index in [9.17, 15) is 4.79 Å². The average molecular weight is 497 g/mol.